The zero-order chi connectivity index (χ0) is 11.8. The van der Waals surface area contributed by atoms with Gasteiger partial charge in [-0.2, -0.15) is 0 Å². The molecule has 17 heavy (non-hydrogen) atoms. The van der Waals surface area contributed by atoms with E-state index in [4.69, 9.17) is 11.6 Å². The lowest BCUT2D eigenvalue weighted by Crippen LogP contribution is -1.87. The number of halogens is 1. The van der Waals surface area contributed by atoms with Gasteiger partial charge in [-0.25, -0.2) is 0 Å². The van der Waals surface area contributed by atoms with Crippen LogP contribution in [-0.4, -0.2) is 6.29 Å². The van der Waals surface area contributed by atoms with Crippen LogP contribution < -0.4 is 0 Å². The average molecular weight is 241 g/mol. The topological polar surface area (TPSA) is 17.1 Å². The Kier molecular flexibility index (Phi) is 2.34. The molecular weight excluding hydrogens is 232 g/mol. The summed E-state index contributed by atoms with van der Waals surface area (Å²) in [6.45, 7) is 0. The molecule has 0 fully saturated rings. The minimum absolute atomic E-state index is 0.649. The molecule has 0 aliphatic rings. The van der Waals surface area contributed by atoms with Gasteiger partial charge < -0.3 is 0 Å². The maximum atomic E-state index is 11.3. The zero-order valence-corrected chi connectivity index (χ0v) is 9.74. The van der Waals surface area contributed by atoms with Gasteiger partial charge in [-0.05, 0) is 39.7 Å². The van der Waals surface area contributed by atoms with E-state index in [0.29, 0.717) is 10.6 Å². The largest absolute Gasteiger partial charge is 0.298 e. The highest BCUT2D eigenvalue weighted by molar-refractivity contribution is 6.31. The van der Waals surface area contributed by atoms with E-state index in [2.05, 4.69) is 6.07 Å². The molecular formula is C15H9ClO. The normalized spacial score (nSPS) is 10.9. The zero-order valence-electron chi connectivity index (χ0n) is 8.98. The summed E-state index contributed by atoms with van der Waals surface area (Å²) in [4.78, 5) is 11.3. The van der Waals surface area contributed by atoms with E-state index in [-0.39, 0.29) is 0 Å². The SMILES string of the molecule is O=Cc1c2ccccc2cc2ccc(Cl)cc12. The highest BCUT2D eigenvalue weighted by Crippen LogP contribution is 2.29. The van der Waals surface area contributed by atoms with E-state index in [1.165, 1.54) is 0 Å². The van der Waals surface area contributed by atoms with E-state index in [1.807, 2.05) is 42.5 Å². The Morgan fingerprint density at radius 3 is 2.47 bits per heavy atom. The molecule has 3 aromatic rings. The van der Waals surface area contributed by atoms with Crippen LogP contribution in [0.5, 0.6) is 0 Å². The lowest BCUT2D eigenvalue weighted by Gasteiger charge is -2.06. The van der Waals surface area contributed by atoms with Crippen LogP contribution in [0.1, 0.15) is 10.4 Å². The summed E-state index contributed by atoms with van der Waals surface area (Å²) in [5, 5.41) is 4.64. The molecule has 0 unspecified atom stereocenters. The molecule has 0 saturated carbocycles. The standard InChI is InChI=1S/C15H9ClO/c16-12-6-5-11-7-10-3-1-2-4-13(10)15(9-17)14(11)8-12/h1-9H. The summed E-state index contributed by atoms with van der Waals surface area (Å²) < 4.78 is 0. The summed E-state index contributed by atoms with van der Waals surface area (Å²) in [5.41, 5.74) is 0.709. The Labute approximate surface area is 104 Å². The van der Waals surface area contributed by atoms with Crippen molar-refractivity contribution in [1.82, 2.24) is 0 Å². The molecule has 0 spiro atoms. The summed E-state index contributed by atoms with van der Waals surface area (Å²) in [6.07, 6.45) is 0.904. The van der Waals surface area contributed by atoms with E-state index in [1.54, 1.807) is 0 Å². The molecule has 0 bridgehead atoms. The molecule has 0 radical (unpaired) electrons. The minimum Gasteiger partial charge on any atom is -0.298 e. The van der Waals surface area contributed by atoms with Gasteiger partial charge in [0.25, 0.3) is 0 Å². The highest BCUT2D eigenvalue weighted by atomic mass is 35.5. The van der Waals surface area contributed by atoms with E-state index in [9.17, 15) is 4.79 Å². The molecule has 0 aliphatic carbocycles. The van der Waals surface area contributed by atoms with Crippen molar-refractivity contribution in [2.45, 2.75) is 0 Å². The summed E-state index contributed by atoms with van der Waals surface area (Å²) in [7, 11) is 0. The highest BCUT2D eigenvalue weighted by Gasteiger charge is 2.06. The first-order valence-electron chi connectivity index (χ1n) is 5.36. The Hall–Kier alpha value is -1.86. The molecule has 0 aliphatic heterocycles. The van der Waals surface area contributed by atoms with Gasteiger partial charge >= 0.3 is 0 Å². The summed E-state index contributed by atoms with van der Waals surface area (Å²) >= 11 is 5.98. The van der Waals surface area contributed by atoms with Crippen LogP contribution in [0.15, 0.2) is 48.5 Å². The van der Waals surface area contributed by atoms with Gasteiger partial charge in [0.15, 0.2) is 6.29 Å². The van der Waals surface area contributed by atoms with Gasteiger partial charge in [-0.15, -0.1) is 0 Å². The Balaban J connectivity index is 2.59. The fourth-order valence-electron chi connectivity index (χ4n) is 2.20. The van der Waals surface area contributed by atoms with Crippen molar-refractivity contribution >= 4 is 39.4 Å². The quantitative estimate of drug-likeness (QED) is 0.453. The molecule has 0 saturated heterocycles. The van der Waals surface area contributed by atoms with E-state index < -0.39 is 0 Å². The molecule has 2 heteroatoms. The predicted molar refractivity (Wildman–Crippen MR) is 71.9 cm³/mol. The second-order valence-corrected chi connectivity index (χ2v) is 4.43. The molecule has 82 valence electrons. The molecule has 0 N–H and O–H groups in total. The van der Waals surface area contributed by atoms with Gasteiger partial charge in [-0.1, -0.05) is 41.9 Å². The molecule has 3 aromatic carbocycles. The first-order valence-corrected chi connectivity index (χ1v) is 5.73. The van der Waals surface area contributed by atoms with Crippen LogP contribution >= 0.6 is 11.6 Å². The fourth-order valence-corrected chi connectivity index (χ4v) is 2.37. The fraction of sp³-hybridized carbons (Fsp3) is 0. The predicted octanol–water partition coefficient (Wildman–Crippen LogP) is 4.46. The molecule has 3 rings (SSSR count). The van der Waals surface area contributed by atoms with Crippen LogP contribution in [-0.2, 0) is 0 Å². The van der Waals surface area contributed by atoms with Crippen LogP contribution in [0.25, 0.3) is 21.5 Å². The molecule has 0 heterocycles. The average Bonchev–Trinajstić information content (AvgIpc) is 2.36. The number of fused-ring (bicyclic) bond motifs is 2. The summed E-state index contributed by atoms with van der Waals surface area (Å²) in [6, 6.07) is 15.6. The number of carbonyl (C=O) groups is 1. The Bertz CT molecular complexity index is 731. The summed E-state index contributed by atoms with van der Waals surface area (Å²) in [5.74, 6) is 0. The first kappa shape index (κ1) is 10.3. The van der Waals surface area contributed by atoms with E-state index >= 15 is 0 Å². The van der Waals surface area contributed by atoms with Gasteiger partial charge in [0.2, 0.25) is 0 Å². The third-order valence-electron chi connectivity index (χ3n) is 2.99. The Morgan fingerprint density at radius 1 is 0.882 bits per heavy atom. The Morgan fingerprint density at radius 2 is 1.65 bits per heavy atom. The second kappa shape index (κ2) is 3.86. The number of hydrogen-bond donors (Lipinski definition) is 0. The van der Waals surface area contributed by atoms with Gasteiger partial charge in [0.1, 0.15) is 0 Å². The molecule has 0 amide bonds. The van der Waals surface area contributed by atoms with Crippen molar-refractivity contribution < 1.29 is 4.79 Å². The maximum Gasteiger partial charge on any atom is 0.151 e. The number of hydrogen-bond acceptors (Lipinski definition) is 1. The molecule has 0 aromatic heterocycles. The van der Waals surface area contributed by atoms with Crippen molar-refractivity contribution in [3.05, 3.63) is 59.1 Å². The first-order chi connectivity index (χ1) is 8.29. The maximum absolute atomic E-state index is 11.3. The van der Waals surface area contributed by atoms with E-state index in [0.717, 1.165) is 27.8 Å². The minimum atomic E-state index is 0.649. The number of rotatable bonds is 1. The van der Waals surface area contributed by atoms with Crippen molar-refractivity contribution in [2.75, 3.05) is 0 Å². The lowest BCUT2D eigenvalue weighted by atomic mass is 9.98. The number of benzene rings is 3. The van der Waals surface area contributed by atoms with Crippen molar-refractivity contribution in [3.63, 3.8) is 0 Å². The van der Waals surface area contributed by atoms with Crippen molar-refractivity contribution in [3.8, 4) is 0 Å². The lowest BCUT2D eigenvalue weighted by molar-refractivity contribution is 0.112. The monoisotopic (exact) mass is 240 g/mol. The molecule has 1 nitrogen and oxygen atoms in total. The van der Waals surface area contributed by atoms with Crippen molar-refractivity contribution in [1.29, 1.82) is 0 Å². The van der Waals surface area contributed by atoms with Crippen LogP contribution in [0.4, 0.5) is 0 Å². The third kappa shape index (κ3) is 1.60. The van der Waals surface area contributed by atoms with Crippen molar-refractivity contribution in [2.24, 2.45) is 0 Å². The van der Waals surface area contributed by atoms with Gasteiger partial charge in [0, 0.05) is 10.6 Å². The smallest absolute Gasteiger partial charge is 0.151 e. The number of carbonyl (C=O) groups excluding carboxylic acids is 1. The van der Waals surface area contributed by atoms with Crippen LogP contribution in [0.3, 0.4) is 0 Å². The third-order valence-corrected chi connectivity index (χ3v) is 3.22. The number of aldehydes is 1. The van der Waals surface area contributed by atoms with Crippen LogP contribution in [0.2, 0.25) is 5.02 Å². The molecule has 0 atom stereocenters. The van der Waals surface area contributed by atoms with Gasteiger partial charge in [-0.3, -0.25) is 4.79 Å². The second-order valence-electron chi connectivity index (χ2n) is 3.99. The van der Waals surface area contributed by atoms with Crippen LogP contribution in [0, 0.1) is 0 Å². The van der Waals surface area contributed by atoms with Gasteiger partial charge in [0.05, 0.1) is 0 Å².